The van der Waals surface area contributed by atoms with E-state index in [1.54, 1.807) is 6.20 Å². The van der Waals surface area contributed by atoms with Gasteiger partial charge in [-0.3, -0.25) is 4.98 Å². The molecule has 16 heavy (non-hydrogen) atoms. The predicted octanol–water partition coefficient (Wildman–Crippen LogP) is 2.36. The summed E-state index contributed by atoms with van der Waals surface area (Å²) in [5.74, 6) is 6.12. The first kappa shape index (κ1) is 10.7. The standard InChI is InChI=1S/C14H13NO/c16-10-3-1-2-5-12-7-8-14-13(11-12)6-4-9-15-14/h4,6-9,11,16H,1,3,10H2. The molecule has 2 rings (SSSR count). The van der Waals surface area contributed by atoms with Crippen molar-refractivity contribution in [2.45, 2.75) is 12.8 Å². The fraction of sp³-hybridized carbons (Fsp3) is 0.214. The molecule has 0 aliphatic carbocycles. The molecule has 2 nitrogen and oxygen atoms in total. The van der Waals surface area contributed by atoms with E-state index in [1.165, 1.54) is 0 Å². The second-order valence-electron chi connectivity index (χ2n) is 3.54. The summed E-state index contributed by atoms with van der Waals surface area (Å²) in [7, 11) is 0. The molecule has 0 aliphatic rings. The summed E-state index contributed by atoms with van der Waals surface area (Å²) < 4.78 is 0. The van der Waals surface area contributed by atoms with Crippen LogP contribution in [0, 0.1) is 11.8 Å². The van der Waals surface area contributed by atoms with Crippen LogP contribution in [0.2, 0.25) is 0 Å². The van der Waals surface area contributed by atoms with E-state index in [-0.39, 0.29) is 6.61 Å². The number of aliphatic hydroxyl groups excluding tert-OH is 1. The Balaban J connectivity index is 2.21. The zero-order valence-electron chi connectivity index (χ0n) is 8.98. The number of hydrogen-bond acceptors (Lipinski definition) is 2. The molecule has 2 aromatic rings. The zero-order valence-corrected chi connectivity index (χ0v) is 8.98. The highest BCUT2D eigenvalue weighted by Gasteiger charge is 1.93. The van der Waals surface area contributed by atoms with Crippen molar-refractivity contribution in [3.05, 3.63) is 42.1 Å². The maximum atomic E-state index is 8.63. The van der Waals surface area contributed by atoms with Crippen LogP contribution in [0.5, 0.6) is 0 Å². The lowest BCUT2D eigenvalue weighted by atomic mass is 10.1. The molecule has 0 atom stereocenters. The Labute approximate surface area is 95.0 Å². The smallest absolute Gasteiger partial charge is 0.0702 e. The minimum absolute atomic E-state index is 0.205. The molecule has 0 saturated heterocycles. The Bertz CT molecular complexity index is 537. The van der Waals surface area contributed by atoms with Crippen LogP contribution in [-0.2, 0) is 0 Å². The summed E-state index contributed by atoms with van der Waals surface area (Å²) in [4.78, 5) is 4.25. The monoisotopic (exact) mass is 211 g/mol. The molecule has 0 radical (unpaired) electrons. The number of benzene rings is 1. The minimum Gasteiger partial charge on any atom is -0.396 e. The highest BCUT2D eigenvalue weighted by atomic mass is 16.2. The quantitative estimate of drug-likeness (QED) is 0.611. The van der Waals surface area contributed by atoms with Crippen LogP contribution in [0.1, 0.15) is 18.4 Å². The highest BCUT2D eigenvalue weighted by molar-refractivity contribution is 5.79. The number of nitrogens with zero attached hydrogens (tertiary/aromatic N) is 1. The lowest BCUT2D eigenvalue weighted by Gasteiger charge is -1.96. The number of aliphatic hydroxyl groups is 1. The number of hydrogen-bond donors (Lipinski definition) is 1. The average Bonchev–Trinajstić information content (AvgIpc) is 2.34. The Kier molecular flexibility index (Phi) is 3.53. The minimum atomic E-state index is 0.205. The Morgan fingerprint density at radius 1 is 1.25 bits per heavy atom. The SMILES string of the molecule is OCCCC#Cc1ccc2ncccc2c1. The van der Waals surface area contributed by atoms with E-state index in [1.807, 2.05) is 30.3 Å². The maximum absolute atomic E-state index is 8.63. The molecular formula is C14H13NO. The van der Waals surface area contributed by atoms with Gasteiger partial charge in [-0.05, 0) is 30.7 Å². The molecule has 0 amide bonds. The maximum Gasteiger partial charge on any atom is 0.0702 e. The number of pyridine rings is 1. The van der Waals surface area contributed by atoms with Crippen LogP contribution in [0.15, 0.2) is 36.5 Å². The second kappa shape index (κ2) is 5.29. The normalized spacial score (nSPS) is 9.81. The first-order chi connectivity index (χ1) is 7.90. The molecule has 0 aliphatic heterocycles. The Morgan fingerprint density at radius 2 is 2.19 bits per heavy atom. The van der Waals surface area contributed by atoms with Crippen molar-refractivity contribution in [2.75, 3.05) is 6.61 Å². The van der Waals surface area contributed by atoms with E-state index in [0.29, 0.717) is 0 Å². The molecule has 0 saturated carbocycles. The molecule has 0 bridgehead atoms. The molecule has 1 N–H and O–H groups in total. The van der Waals surface area contributed by atoms with Gasteiger partial charge in [-0.15, -0.1) is 0 Å². The van der Waals surface area contributed by atoms with Gasteiger partial charge < -0.3 is 5.11 Å². The predicted molar refractivity (Wildman–Crippen MR) is 64.9 cm³/mol. The fourth-order valence-corrected chi connectivity index (χ4v) is 1.49. The van der Waals surface area contributed by atoms with Gasteiger partial charge in [-0.25, -0.2) is 0 Å². The van der Waals surface area contributed by atoms with Crippen LogP contribution in [-0.4, -0.2) is 16.7 Å². The van der Waals surface area contributed by atoms with Crippen LogP contribution < -0.4 is 0 Å². The van der Waals surface area contributed by atoms with E-state index in [9.17, 15) is 0 Å². The molecule has 0 spiro atoms. The molecule has 1 aromatic heterocycles. The lowest BCUT2D eigenvalue weighted by molar-refractivity contribution is 0.290. The third-order valence-electron chi connectivity index (χ3n) is 2.30. The van der Waals surface area contributed by atoms with E-state index < -0.39 is 0 Å². The van der Waals surface area contributed by atoms with Crippen LogP contribution in [0.3, 0.4) is 0 Å². The molecule has 1 aromatic carbocycles. The number of fused-ring (bicyclic) bond motifs is 1. The fourth-order valence-electron chi connectivity index (χ4n) is 1.49. The van der Waals surface area contributed by atoms with E-state index in [4.69, 9.17) is 5.11 Å². The van der Waals surface area contributed by atoms with Gasteiger partial charge in [0.1, 0.15) is 0 Å². The van der Waals surface area contributed by atoms with Crippen molar-refractivity contribution < 1.29 is 5.11 Å². The van der Waals surface area contributed by atoms with Gasteiger partial charge in [0.15, 0.2) is 0 Å². The summed E-state index contributed by atoms with van der Waals surface area (Å²) >= 11 is 0. The second-order valence-corrected chi connectivity index (χ2v) is 3.54. The number of unbranched alkanes of at least 4 members (excludes halogenated alkanes) is 1. The van der Waals surface area contributed by atoms with Crippen LogP contribution in [0.25, 0.3) is 10.9 Å². The van der Waals surface area contributed by atoms with E-state index >= 15 is 0 Å². The highest BCUT2D eigenvalue weighted by Crippen LogP contribution is 2.12. The Morgan fingerprint density at radius 3 is 3.06 bits per heavy atom. The van der Waals surface area contributed by atoms with Crippen LogP contribution in [0.4, 0.5) is 0 Å². The van der Waals surface area contributed by atoms with E-state index in [2.05, 4.69) is 16.8 Å². The van der Waals surface area contributed by atoms with Crippen molar-refractivity contribution >= 4 is 10.9 Å². The third kappa shape index (κ3) is 2.59. The van der Waals surface area contributed by atoms with Gasteiger partial charge in [-0.1, -0.05) is 17.9 Å². The Hall–Kier alpha value is -1.85. The average molecular weight is 211 g/mol. The first-order valence-corrected chi connectivity index (χ1v) is 5.34. The van der Waals surface area contributed by atoms with Crippen LogP contribution >= 0.6 is 0 Å². The molecule has 0 fully saturated rings. The molecule has 2 heteroatoms. The van der Waals surface area contributed by atoms with Gasteiger partial charge in [0, 0.05) is 30.2 Å². The van der Waals surface area contributed by atoms with Gasteiger partial charge in [0.25, 0.3) is 0 Å². The summed E-state index contributed by atoms with van der Waals surface area (Å²) in [6.45, 7) is 0.205. The lowest BCUT2D eigenvalue weighted by Crippen LogP contribution is -1.81. The van der Waals surface area contributed by atoms with Gasteiger partial charge in [-0.2, -0.15) is 0 Å². The topological polar surface area (TPSA) is 33.1 Å². The zero-order chi connectivity index (χ0) is 11.2. The summed E-state index contributed by atoms with van der Waals surface area (Å²) in [5, 5.41) is 9.74. The van der Waals surface area contributed by atoms with Crippen molar-refractivity contribution in [3.8, 4) is 11.8 Å². The largest absolute Gasteiger partial charge is 0.396 e. The van der Waals surface area contributed by atoms with Gasteiger partial charge >= 0.3 is 0 Å². The van der Waals surface area contributed by atoms with Crippen molar-refractivity contribution in [2.24, 2.45) is 0 Å². The van der Waals surface area contributed by atoms with Crippen molar-refractivity contribution in [1.29, 1.82) is 0 Å². The summed E-state index contributed by atoms with van der Waals surface area (Å²) in [6, 6.07) is 9.94. The molecule has 0 unspecified atom stereocenters. The third-order valence-corrected chi connectivity index (χ3v) is 2.30. The molecular weight excluding hydrogens is 198 g/mol. The first-order valence-electron chi connectivity index (χ1n) is 5.34. The van der Waals surface area contributed by atoms with E-state index in [0.717, 1.165) is 29.3 Å². The number of aromatic nitrogens is 1. The molecule has 1 heterocycles. The molecule has 80 valence electrons. The summed E-state index contributed by atoms with van der Waals surface area (Å²) in [5.41, 5.74) is 1.99. The van der Waals surface area contributed by atoms with Gasteiger partial charge in [0.05, 0.1) is 5.52 Å². The number of rotatable bonds is 2. The van der Waals surface area contributed by atoms with Gasteiger partial charge in [0.2, 0.25) is 0 Å². The van der Waals surface area contributed by atoms with Crippen molar-refractivity contribution in [3.63, 3.8) is 0 Å². The summed E-state index contributed by atoms with van der Waals surface area (Å²) in [6.07, 6.45) is 3.26. The van der Waals surface area contributed by atoms with Crippen molar-refractivity contribution in [1.82, 2.24) is 4.98 Å².